The molecule has 1 saturated heterocycles. The lowest BCUT2D eigenvalue weighted by Crippen LogP contribution is -2.45. The molecule has 0 bridgehead atoms. The molecule has 1 aliphatic rings. The van der Waals surface area contributed by atoms with Gasteiger partial charge in [-0.2, -0.15) is 5.26 Å². The Morgan fingerprint density at radius 3 is 2.62 bits per heavy atom. The first-order chi connectivity index (χ1) is 10.0. The Morgan fingerprint density at radius 2 is 2.05 bits per heavy atom. The van der Waals surface area contributed by atoms with Gasteiger partial charge in [0, 0.05) is 42.3 Å². The van der Waals surface area contributed by atoms with Gasteiger partial charge in [-0.25, -0.2) is 0 Å². The average molecular weight is 352 g/mol. The maximum Gasteiger partial charge on any atom is 0.139 e. The van der Waals surface area contributed by atoms with Crippen LogP contribution in [-0.4, -0.2) is 36.2 Å². The van der Waals surface area contributed by atoms with E-state index in [2.05, 4.69) is 46.1 Å². The van der Waals surface area contributed by atoms with Gasteiger partial charge in [-0.05, 0) is 24.5 Å². The van der Waals surface area contributed by atoms with E-state index in [1.165, 1.54) is 0 Å². The van der Waals surface area contributed by atoms with Gasteiger partial charge in [-0.3, -0.25) is 4.90 Å². The van der Waals surface area contributed by atoms with Crippen LogP contribution in [0.4, 0.5) is 0 Å². The molecule has 2 rings (SSSR count). The molecule has 0 amide bonds. The van der Waals surface area contributed by atoms with Crippen LogP contribution in [-0.2, 0) is 0 Å². The van der Waals surface area contributed by atoms with Crippen molar-refractivity contribution in [2.45, 2.75) is 26.3 Å². The quantitative estimate of drug-likeness (QED) is 0.875. The molecule has 1 atom stereocenters. The first-order valence-electron chi connectivity index (χ1n) is 7.40. The number of nitrogens with zero attached hydrogens (tertiary/aromatic N) is 2. The smallest absolute Gasteiger partial charge is 0.139 e. The second kappa shape index (κ2) is 7.26. The minimum absolute atomic E-state index is 0.121. The van der Waals surface area contributed by atoms with Crippen LogP contribution < -0.4 is 5.32 Å². The maximum absolute atomic E-state index is 10.5. The third kappa shape index (κ3) is 3.76. The SMILES string of the molecule is CC(C)C[C@@H](c1c(Br)ccc(C#N)c1O)N1CCNCC1. The molecule has 2 N–H and O–H groups in total. The van der Waals surface area contributed by atoms with Crippen LogP contribution in [0.1, 0.15) is 37.4 Å². The molecule has 1 aromatic rings. The number of hydrogen-bond donors (Lipinski definition) is 2. The number of rotatable bonds is 4. The Balaban J connectivity index is 2.43. The Labute approximate surface area is 134 Å². The van der Waals surface area contributed by atoms with Gasteiger partial charge in [0.25, 0.3) is 0 Å². The molecule has 114 valence electrons. The van der Waals surface area contributed by atoms with Gasteiger partial charge >= 0.3 is 0 Å². The maximum atomic E-state index is 10.5. The minimum atomic E-state index is 0.121. The van der Waals surface area contributed by atoms with E-state index in [0.717, 1.165) is 42.6 Å². The molecule has 1 fully saturated rings. The molecule has 0 saturated carbocycles. The molecule has 4 nitrogen and oxygen atoms in total. The molecule has 21 heavy (non-hydrogen) atoms. The highest BCUT2D eigenvalue weighted by molar-refractivity contribution is 9.10. The summed E-state index contributed by atoms with van der Waals surface area (Å²) >= 11 is 3.56. The number of nitrogens with one attached hydrogen (secondary N) is 1. The lowest BCUT2D eigenvalue weighted by molar-refractivity contribution is 0.151. The van der Waals surface area contributed by atoms with E-state index in [-0.39, 0.29) is 11.8 Å². The summed E-state index contributed by atoms with van der Waals surface area (Å²) in [5, 5.41) is 23.0. The monoisotopic (exact) mass is 351 g/mol. The molecular weight excluding hydrogens is 330 g/mol. The number of piperazine rings is 1. The Hall–Kier alpha value is -1.09. The van der Waals surface area contributed by atoms with Crippen LogP contribution in [0, 0.1) is 17.2 Å². The Kier molecular flexibility index (Phi) is 5.63. The standard InChI is InChI=1S/C16H22BrN3O/c1-11(2)9-14(20-7-5-19-6-8-20)15-13(17)4-3-12(10-18)16(15)21/h3-4,11,14,19,21H,5-9H2,1-2H3/t14-/m0/s1. The molecule has 0 spiro atoms. The molecule has 5 heteroatoms. The summed E-state index contributed by atoms with van der Waals surface area (Å²) in [4.78, 5) is 2.40. The van der Waals surface area contributed by atoms with Gasteiger partial charge in [0.2, 0.25) is 0 Å². The summed E-state index contributed by atoms with van der Waals surface area (Å²) in [5.41, 5.74) is 1.20. The number of aromatic hydroxyl groups is 1. The molecular formula is C16H22BrN3O. The van der Waals surface area contributed by atoms with E-state index in [1.807, 2.05) is 6.07 Å². The number of halogens is 1. The van der Waals surface area contributed by atoms with Crippen LogP contribution in [0.15, 0.2) is 16.6 Å². The van der Waals surface area contributed by atoms with Crippen molar-refractivity contribution in [1.29, 1.82) is 5.26 Å². The zero-order valence-corrected chi connectivity index (χ0v) is 14.2. The third-order valence-electron chi connectivity index (χ3n) is 3.90. The van der Waals surface area contributed by atoms with Crippen molar-refractivity contribution >= 4 is 15.9 Å². The van der Waals surface area contributed by atoms with Crippen LogP contribution in [0.25, 0.3) is 0 Å². The predicted octanol–water partition coefficient (Wildman–Crippen LogP) is 3.02. The zero-order chi connectivity index (χ0) is 15.4. The van der Waals surface area contributed by atoms with E-state index in [1.54, 1.807) is 6.07 Å². The van der Waals surface area contributed by atoms with Gasteiger partial charge in [0.1, 0.15) is 11.8 Å². The van der Waals surface area contributed by atoms with Crippen LogP contribution in [0.2, 0.25) is 0 Å². The number of phenolic OH excluding ortho intramolecular Hbond substituents is 1. The zero-order valence-electron chi connectivity index (χ0n) is 12.6. The first-order valence-corrected chi connectivity index (χ1v) is 8.20. The molecule has 1 aliphatic heterocycles. The highest BCUT2D eigenvalue weighted by atomic mass is 79.9. The van der Waals surface area contributed by atoms with Gasteiger partial charge in [0.15, 0.2) is 0 Å². The highest BCUT2D eigenvalue weighted by Crippen LogP contribution is 2.40. The first kappa shape index (κ1) is 16.3. The van der Waals surface area contributed by atoms with Crippen molar-refractivity contribution in [3.05, 3.63) is 27.7 Å². The minimum Gasteiger partial charge on any atom is -0.506 e. The lowest BCUT2D eigenvalue weighted by atomic mass is 9.93. The van der Waals surface area contributed by atoms with Crippen LogP contribution in [0.3, 0.4) is 0 Å². The molecule has 0 unspecified atom stereocenters. The van der Waals surface area contributed by atoms with Crippen molar-refractivity contribution in [3.8, 4) is 11.8 Å². The predicted molar refractivity (Wildman–Crippen MR) is 87.2 cm³/mol. The summed E-state index contributed by atoms with van der Waals surface area (Å²) < 4.78 is 0.878. The number of hydrogen-bond acceptors (Lipinski definition) is 4. The second-order valence-electron chi connectivity index (χ2n) is 5.90. The second-order valence-corrected chi connectivity index (χ2v) is 6.75. The van der Waals surface area contributed by atoms with E-state index in [4.69, 9.17) is 5.26 Å². The van der Waals surface area contributed by atoms with Crippen LogP contribution in [0.5, 0.6) is 5.75 Å². The lowest BCUT2D eigenvalue weighted by Gasteiger charge is -2.37. The van der Waals surface area contributed by atoms with E-state index < -0.39 is 0 Å². The Morgan fingerprint density at radius 1 is 1.38 bits per heavy atom. The van der Waals surface area contributed by atoms with Gasteiger partial charge in [0.05, 0.1) is 5.56 Å². The van der Waals surface area contributed by atoms with Gasteiger partial charge in [-0.1, -0.05) is 29.8 Å². The fourth-order valence-electron chi connectivity index (χ4n) is 2.88. The third-order valence-corrected chi connectivity index (χ3v) is 4.60. The fraction of sp³-hybridized carbons (Fsp3) is 0.562. The number of benzene rings is 1. The molecule has 0 aliphatic carbocycles. The molecule has 1 aromatic carbocycles. The highest BCUT2D eigenvalue weighted by Gasteiger charge is 2.28. The summed E-state index contributed by atoms with van der Waals surface area (Å²) in [5.74, 6) is 0.637. The topological polar surface area (TPSA) is 59.3 Å². The summed E-state index contributed by atoms with van der Waals surface area (Å²) in [6.45, 7) is 8.22. The largest absolute Gasteiger partial charge is 0.506 e. The molecule has 0 aromatic heterocycles. The van der Waals surface area contributed by atoms with Crippen molar-refractivity contribution in [1.82, 2.24) is 10.2 Å². The molecule has 0 radical (unpaired) electrons. The average Bonchev–Trinajstić information content (AvgIpc) is 2.47. The summed E-state index contributed by atoms with van der Waals surface area (Å²) in [7, 11) is 0. The van der Waals surface area contributed by atoms with E-state index >= 15 is 0 Å². The van der Waals surface area contributed by atoms with E-state index in [0.29, 0.717) is 11.5 Å². The number of nitriles is 1. The fourth-order valence-corrected chi connectivity index (χ4v) is 3.46. The van der Waals surface area contributed by atoms with Crippen molar-refractivity contribution in [2.75, 3.05) is 26.2 Å². The van der Waals surface area contributed by atoms with Crippen molar-refractivity contribution in [2.24, 2.45) is 5.92 Å². The van der Waals surface area contributed by atoms with Crippen LogP contribution >= 0.6 is 15.9 Å². The molecule has 1 heterocycles. The summed E-state index contributed by atoms with van der Waals surface area (Å²) in [6.07, 6.45) is 0.959. The normalized spacial score (nSPS) is 17.7. The number of phenols is 1. The summed E-state index contributed by atoms with van der Waals surface area (Å²) in [6, 6.07) is 5.73. The van der Waals surface area contributed by atoms with Gasteiger partial charge in [-0.15, -0.1) is 0 Å². The van der Waals surface area contributed by atoms with Gasteiger partial charge < -0.3 is 10.4 Å². The van der Waals surface area contributed by atoms with E-state index in [9.17, 15) is 5.11 Å². The van der Waals surface area contributed by atoms with Crippen molar-refractivity contribution in [3.63, 3.8) is 0 Å². The van der Waals surface area contributed by atoms with Crippen molar-refractivity contribution < 1.29 is 5.11 Å². The Bertz CT molecular complexity index is 533.